The summed E-state index contributed by atoms with van der Waals surface area (Å²) in [4.78, 5) is 29.3. The van der Waals surface area contributed by atoms with Crippen LogP contribution in [0.25, 0.3) is 5.65 Å². The first-order chi connectivity index (χ1) is 12.1. The van der Waals surface area contributed by atoms with Gasteiger partial charge in [-0.05, 0) is 18.9 Å². The molecular formula is C18H20N4O3. The van der Waals surface area contributed by atoms with Gasteiger partial charge in [-0.25, -0.2) is 9.50 Å². The van der Waals surface area contributed by atoms with E-state index in [9.17, 15) is 14.7 Å². The molecule has 1 unspecified atom stereocenters. The molecule has 3 N–H and O–H groups in total. The van der Waals surface area contributed by atoms with Crippen molar-refractivity contribution in [1.82, 2.24) is 19.9 Å². The number of hydrogen-bond acceptors (Lipinski definition) is 4. The molecule has 0 bridgehead atoms. The molecule has 1 aromatic carbocycles. The predicted octanol–water partition coefficient (Wildman–Crippen LogP) is 1.11. The number of H-pyrrole nitrogens is 1. The van der Waals surface area contributed by atoms with Crippen molar-refractivity contribution in [3.63, 3.8) is 0 Å². The minimum atomic E-state index is -0.302. The lowest BCUT2D eigenvalue weighted by Crippen LogP contribution is -2.33. The molecule has 1 amide bonds. The van der Waals surface area contributed by atoms with Gasteiger partial charge in [-0.1, -0.05) is 30.3 Å². The van der Waals surface area contributed by atoms with Crippen molar-refractivity contribution < 1.29 is 9.90 Å². The molecule has 3 aromatic rings. The Morgan fingerprint density at radius 1 is 1.32 bits per heavy atom. The van der Waals surface area contributed by atoms with Crippen molar-refractivity contribution in [2.24, 2.45) is 0 Å². The number of amides is 1. The Balaban J connectivity index is 1.81. The monoisotopic (exact) mass is 340 g/mol. The third-order valence-corrected chi connectivity index (χ3v) is 4.14. The minimum Gasteiger partial charge on any atom is -0.396 e. The molecule has 130 valence electrons. The molecule has 25 heavy (non-hydrogen) atoms. The summed E-state index contributed by atoms with van der Waals surface area (Å²) in [6.07, 6.45) is 1.97. The third-order valence-electron chi connectivity index (χ3n) is 4.14. The number of fused-ring (bicyclic) bond motifs is 1. The summed E-state index contributed by atoms with van der Waals surface area (Å²) in [6, 6.07) is 10.8. The van der Waals surface area contributed by atoms with Crippen LogP contribution in [0.15, 0.2) is 47.4 Å². The van der Waals surface area contributed by atoms with E-state index in [2.05, 4.69) is 15.4 Å². The van der Waals surface area contributed by atoms with Crippen molar-refractivity contribution in [3.05, 3.63) is 69.8 Å². The molecule has 3 rings (SSSR count). The van der Waals surface area contributed by atoms with Gasteiger partial charge in [0.2, 0.25) is 5.91 Å². The van der Waals surface area contributed by atoms with Crippen LogP contribution < -0.4 is 10.9 Å². The van der Waals surface area contributed by atoms with E-state index in [1.807, 2.05) is 30.3 Å². The fourth-order valence-corrected chi connectivity index (χ4v) is 2.85. The number of benzene rings is 1. The maximum absolute atomic E-state index is 12.5. The Bertz CT molecular complexity index is 930. The quantitative estimate of drug-likeness (QED) is 0.626. The highest BCUT2D eigenvalue weighted by Gasteiger charge is 2.18. The summed E-state index contributed by atoms with van der Waals surface area (Å²) < 4.78 is 1.32. The van der Waals surface area contributed by atoms with E-state index in [0.29, 0.717) is 23.3 Å². The van der Waals surface area contributed by atoms with E-state index in [1.54, 1.807) is 19.2 Å². The standard InChI is InChI=1S/C18H20N4O3/c1-12-14(18(25)22-16(20-12)7-9-19-22)11-17(24)21-15(8-10-23)13-5-3-2-4-6-13/h2-7,9,15,19,23H,8,10-11H2,1H3,(H,21,24). The number of aliphatic hydroxyl groups excluding tert-OH is 1. The van der Waals surface area contributed by atoms with Crippen molar-refractivity contribution in [3.8, 4) is 0 Å². The molecule has 0 aliphatic carbocycles. The highest BCUT2D eigenvalue weighted by molar-refractivity contribution is 5.79. The van der Waals surface area contributed by atoms with Crippen LogP contribution >= 0.6 is 0 Å². The zero-order valence-corrected chi connectivity index (χ0v) is 13.9. The van der Waals surface area contributed by atoms with Gasteiger partial charge >= 0.3 is 0 Å². The van der Waals surface area contributed by atoms with Gasteiger partial charge in [-0.2, -0.15) is 0 Å². The molecule has 1 atom stereocenters. The molecule has 2 aromatic heterocycles. The van der Waals surface area contributed by atoms with Gasteiger partial charge in [-0.15, -0.1) is 0 Å². The molecule has 7 heteroatoms. The predicted molar refractivity (Wildman–Crippen MR) is 93.3 cm³/mol. The van der Waals surface area contributed by atoms with Crippen molar-refractivity contribution in [2.75, 3.05) is 6.61 Å². The van der Waals surface area contributed by atoms with Crippen LogP contribution in [0.4, 0.5) is 0 Å². The van der Waals surface area contributed by atoms with Gasteiger partial charge in [0.05, 0.1) is 12.5 Å². The van der Waals surface area contributed by atoms with E-state index in [4.69, 9.17) is 0 Å². The Morgan fingerprint density at radius 2 is 2.08 bits per heavy atom. The lowest BCUT2D eigenvalue weighted by atomic mass is 10.0. The van der Waals surface area contributed by atoms with Crippen LogP contribution in [-0.4, -0.2) is 32.2 Å². The largest absolute Gasteiger partial charge is 0.396 e. The summed E-state index contributed by atoms with van der Waals surface area (Å²) in [5.41, 5.74) is 2.05. The first-order valence-electron chi connectivity index (χ1n) is 8.11. The van der Waals surface area contributed by atoms with Crippen LogP contribution in [0.3, 0.4) is 0 Å². The highest BCUT2D eigenvalue weighted by atomic mass is 16.3. The van der Waals surface area contributed by atoms with Gasteiger partial charge in [0, 0.05) is 30.1 Å². The summed E-state index contributed by atoms with van der Waals surface area (Å²) in [7, 11) is 0. The Kier molecular flexibility index (Phi) is 4.95. The van der Waals surface area contributed by atoms with Crippen LogP contribution in [0, 0.1) is 6.92 Å². The number of aryl methyl sites for hydroxylation is 1. The van der Waals surface area contributed by atoms with E-state index in [0.717, 1.165) is 5.56 Å². The third kappa shape index (κ3) is 3.61. The maximum atomic E-state index is 12.5. The summed E-state index contributed by atoms with van der Waals surface area (Å²) in [5.74, 6) is -0.282. The number of rotatable bonds is 6. The van der Waals surface area contributed by atoms with Gasteiger partial charge in [0.15, 0.2) is 5.65 Å². The first kappa shape index (κ1) is 16.9. The minimum absolute atomic E-state index is 0.0441. The van der Waals surface area contributed by atoms with Gasteiger partial charge < -0.3 is 10.4 Å². The molecule has 0 aliphatic rings. The van der Waals surface area contributed by atoms with E-state index < -0.39 is 0 Å². The number of aromatic amines is 1. The van der Waals surface area contributed by atoms with E-state index >= 15 is 0 Å². The SMILES string of the molecule is Cc1nc2cc[nH]n2c(=O)c1CC(=O)NC(CCO)c1ccccc1. The second-order valence-corrected chi connectivity index (χ2v) is 5.86. The molecule has 0 spiro atoms. The number of nitrogens with zero attached hydrogens (tertiary/aromatic N) is 2. The summed E-state index contributed by atoms with van der Waals surface area (Å²) in [6.45, 7) is 1.68. The number of hydrogen-bond donors (Lipinski definition) is 3. The molecule has 0 saturated carbocycles. The van der Waals surface area contributed by atoms with Crippen LogP contribution in [-0.2, 0) is 11.2 Å². The van der Waals surface area contributed by atoms with Crippen LogP contribution in [0.5, 0.6) is 0 Å². The van der Waals surface area contributed by atoms with Gasteiger partial charge in [0.1, 0.15) is 0 Å². The van der Waals surface area contributed by atoms with Crippen molar-refractivity contribution in [2.45, 2.75) is 25.8 Å². The second kappa shape index (κ2) is 7.31. The molecular weight excluding hydrogens is 320 g/mol. The zero-order chi connectivity index (χ0) is 17.8. The number of carbonyl (C=O) groups excluding carboxylic acids is 1. The lowest BCUT2D eigenvalue weighted by molar-refractivity contribution is -0.121. The topological polar surface area (TPSA) is 99.5 Å². The molecule has 0 radical (unpaired) electrons. The van der Waals surface area contributed by atoms with Gasteiger partial charge in [-0.3, -0.25) is 14.7 Å². The molecule has 7 nitrogen and oxygen atoms in total. The molecule has 0 fully saturated rings. The molecule has 0 saturated heterocycles. The smallest absolute Gasteiger partial charge is 0.276 e. The lowest BCUT2D eigenvalue weighted by Gasteiger charge is -2.18. The Hall–Kier alpha value is -2.93. The average molecular weight is 340 g/mol. The normalized spacial score (nSPS) is 12.2. The summed E-state index contributed by atoms with van der Waals surface area (Å²) in [5, 5.41) is 15.0. The number of aliphatic hydroxyl groups is 1. The van der Waals surface area contributed by atoms with E-state index in [-0.39, 0.29) is 30.5 Å². The number of aromatic nitrogens is 3. The fourth-order valence-electron chi connectivity index (χ4n) is 2.85. The van der Waals surface area contributed by atoms with E-state index in [1.165, 1.54) is 4.52 Å². The fraction of sp³-hybridized carbons (Fsp3) is 0.278. The van der Waals surface area contributed by atoms with Crippen LogP contribution in [0.1, 0.15) is 29.3 Å². The van der Waals surface area contributed by atoms with Crippen LogP contribution in [0.2, 0.25) is 0 Å². The number of nitrogens with one attached hydrogen (secondary N) is 2. The number of carbonyl (C=O) groups is 1. The van der Waals surface area contributed by atoms with Gasteiger partial charge in [0.25, 0.3) is 5.56 Å². The molecule has 0 aliphatic heterocycles. The first-order valence-corrected chi connectivity index (χ1v) is 8.11. The van der Waals surface area contributed by atoms with Crippen molar-refractivity contribution in [1.29, 1.82) is 0 Å². The second-order valence-electron chi connectivity index (χ2n) is 5.86. The summed E-state index contributed by atoms with van der Waals surface area (Å²) >= 11 is 0. The maximum Gasteiger partial charge on any atom is 0.276 e. The van der Waals surface area contributed by atoms with Crippen molar-refractivity contribution >= 4 is 11.6 Å². The Morgan fingerprint density at radius 3 is 2.80 bits per heavy atom. The Labute approximate surface area is 144 Å². The highest BCUT2D eigenvalue weighted by Crippen LogP contribution is 2.16. The molecule has 2 heterocycles. The average Bonchev–Trinajstić information content (AvgIpc) is 3.07. The zero-order valence-electron chi connectivity index (χ0n) is 13.9.